The fraction of sp³-hybridized carbons (Fsp3) is 0.857. The molecule has 0 amide bonds. The van der Waals surface area contributed by atoms with Crippen molar-refractivity contribution in [2.45, 2.75) is 39.0 Å². The van der Waals surface area contributed by atoms with Gasteiger partial charge >= 0.3 is 64.5 Å². The molecule has 0 aliphatic rings. The van der Waals surface area contributed by atoms with Crippen LogP contribution in [0.2, 0.25) is 0 Å². The van der Waals surface area contributed by atoms with Gasteiger partial charge in [-0.15, -0.1) is 0 Å². The molecule has 0 aromatic heterocycles. The van der Waals surface area contributed by atoms with Gasteiger partial charge in [-0.1, -0.05) is 0 Å². The maximum absolute atomic E-state index is 10.3. The minimum atomic E-state index is 0.0751. The van der Waals surface area contributed by atoms with Crippen molar-refractivity contribution in [2.24, 2.45) is 0 Å². The van der Waals surface area contributed by atoms with Crippen LogP contribution in [0.3, 0.4) is 0 Å². The summed E-state index contributed by atoms with van der Waals surface area (Å²) in [6.07, 6.45) is 5.34. The van der Waals surface area contributed by atoms with E-state index < -0.39 is 0 Å². The monoisotopic (exact) mass is 169 g/mol. The molecule has 0 saturated heterocycles. The molecule has 0 aromatic carbocycles. The fourth-order valence-corrected chi connectivity index (χ4v) is 0.882. The maximum atomic E-state index is 10.3. The molecule has 0 aliphatic carbocycles. The van der Waals surface area contributed by atoms with Gasteiger partial charge in [0, 0.05) is 0 Å². The van der Waals surface area contributed by atoms with Gasteiger partial charge in [-0.3, -0.25) is 0 Å². The van der Waals surface area contributed by atoms with Crippen molar-refractivity contribution in [1.29, 1.82) is 0 Å². The summed E-state index contributed by atoms with van der Waals surface area (Å²) >= 11 is 3.30. The van der Waals surface area contributed by atoms with E-state index in [1.807, 2.05) is 0 Å². The summed E-state index contributed by atoms with van der Waals surface area (Å²) in [5, 5.41) is 0. The fourth-order valence-electron chi connectivity index (χ4n) is 0.686. The predicted octanol–water partition coefficient (Wildman–Crippen LogP) is 2.03. The van der Waals surface area contributed by atoms with Crippen LogP contribution >= 0.6 is 0 Å². The quantitative estimate of drug-likeness (QED) is 0.454. The van der Waals surface area contributed by atoms with Gasteiger partial charge < -0.3 is 0 Å². The van der Waals surface area contributed by atoms with Gasteiger partial charge in [0.05, 0.1) is 0 Å². The molecule has 0 heterocycles. The van der Waals surface area contributed by atoms with Gasteiger partial charge in [0.1, 0.15) is 0 Å². The summed E-state index contributed by atoms with van der Waals surface area (Å²) in [4.78, 5) is 10.3. The normalized spacial score (nSPS) is 9.56. The second kappa shape index (κ2) is 6.31. The van der Waals surface area contributed by atoms with E-state index in [2.05, 4.69) is 22.9 Å². The minimum absolute atomic E-state index is 0.0751. The van der Waals surface area contributed by atoms with E-state index >= 15 is 0 Å². The second-order valence-electron chi connectivity index (χ2n) is 2.15. The van der Waals surface area contributed by atoms with Crippen LogP contribution in [0.4, 0.5) is 0 Å². The number of rotatable bonds is 5. The average molecular weight is 169 g/mol. The van der Waals surface area contributed by atoms with Crippen molar-refractivity contribution < 1.29 is 20.8 Å². The second-order valence-corrected chi connectivity index (χ2v) is 2.77. The van der Waals surface area contributed by atoms with Crippen molar-refractivity contribution in [3.05, 3.63) is 0 Å². The van der Waals surface area contributed by atoms with Crippen LogP contribution in [0.1, 0.15) is 39.0 Å². The van der Waals surface area contributed by atoms with Crippen LogP contribution in [0.15, 0.2) is 0 Å². The summed E-state index contributed by atoms with van der Waals surface area (Å²) in [7, 11) is 0. The molecule has 0 radical (unpaired) electrons. The molecule has 2 heteroatoms. The van der Waals surface area contributed by atoms with E-state index in [9.17, 15) is 4.79 Å². The van der Waals surface area contributed by atoms with Gasteiger partial charge in [0.15, 0.2) is 0 Å². The van der Waals surface area contributed by atoms with E-state index in [-0.39, 0.29) is 4.68 Å². The molecular weight excluding hydrogens is 156 g/mol. The van der Waals surface area contributed by atoms with Crippen molar-refractivity contribution >= 4 is 4.68 Å². The molecule has 0 fully saturated rings. The standard InChI is InChI=1S/C7H13O.Fe/c1-2-3-4-5-6-7-8;/h2-6H2,1H3;. The van der Waals surface area contributed by atoms with Gasteiger partial charge in [-0.2, -0.15) is 0 Å². The molecule has 0 rings (SSSR count). The van der Waals surface area contributed by atoms with E-state index in [0.29, 0.717) is 6.42 Å². The van der Waals surface area contributed by atoms with E-state index in [1.165, 1.54) is 19.3 Å². The Morgan fingerprint density at radius 3 is 2.44 bits per heavy atom. The van der Waals surface area contributed by atoms with Crippen LogP contribution in [0.25, 0.3) is 0 Å². The van der Waals surface area contributed by atoms with E-state index in [4.69, 9.17) is 0 Å². The third kappa shape index (κ3) is 8.19. The molecule has 0 unspecified atom stereocenters. The third-order valence-electron chi connectivity index (χ3n) is 1.22. The molecule has 0 spiro atoms. The molecule has 0 bridgehead atoms. The molecule has 1 nitrogen and oxygen atoms in total. The van der Waals surface area contributed by atoms with Crippen molar-refractivity contribution in [2.75, 3.05) is 0 Å². The average Bonchev–Trinajstić information content (AvgIpc) is 1.80. The Kier molecular flexibility index (Phi) is 6.44. The molecule has 0 aliphatic heterocycles. The Morgan fingerprint density at radius 1 is 1.33 bits per heavy atom. The molecule has 0 atom stereocenters. The van der Waals surface area contributed by atoms with Crippen LogP contribution in [0, 0.1) is 0 Å². The Morgan fingerprint density at radius 2 is 2.00 bits per heavy atom. The summed E-state index contributed by atoms with van der Waals surface area (Å²) in [6.45, 7) is 2.16. The Balaban J connectivity index is 2.83. The molecule has 55 valence electrons. The number of hydrogen-bond donors (Lipinski definition) is 0. The molecular formula is C7H13FeO. The van der Waals surface area contributed by atoms with Gasteiger partial charge in [0.2, 0.25) is 0 Å². The zero-order valence-corrected chi connectivity index (χ0v) is 6.90. The van der Waals surface area contributed by atoms with Gasteiger partial charge in [-0.05, 0) is 0 Å². The van der Waals surface area contributed by atoms with Crippen LogP contribution in [0.5, 0.6) is 0 Å². The Labute approximate surface area is 65.0 Å². The number of hydrogen-bond acceptors (Lipinski definition) is 1. The number of carbonyl (C=O) groups is 1. The molecule has 9 heavy (non-hydrogen) atoms. The van der Waals surface area contributed by atoms with E-state index in [0.717, 1.165) is 6.42 Å². The predicted molar refractivity (Wildman–Crippen MR) is 33.8 cm³/mol. The Hall–Kier alpha value is 0.189. The summed E-state index contributed by atoms with van der Waals surface area (Å²) < 4.78 is 0.0751. The summed E-state index contributed by atoms with van der Waals surface area (Å²) in [5.74, 6) is 0. The zero-order chi connectivity index (χ0) is 7.11. The topological polar surface area (TPSA) is 17.1 Å². The third-order valence-corrected chi connectivity index (χ3v) is 1.50. The molecule has 0 N–H and O–H groups in total. The van der Waals surface area contributed by atoms with Crippen LogP contribution in [-0.2, 0) is 20.8 Å². The van der Waals surface area contributed by atoms with Crippen molar-refractivity contribution in [1.82, 2.24) is 0 Å². The van der Waals surface area contributed by atoms with Crippen molar-refractivity contribution in [3.8, 4) is 0 Å². The number of unbranched alkanes of at least 4 members (excludes halogenated alkanes) is 3. The first-order valence-corrected chi connectivity index (χ1v) is 3.99. The van der Waals surface area contributed by atoms with Gasteiger partial charge in [0.25, 0.3) is 0 Å². The van der Waals surface area contributed by atoms with Crippen LogP contribution in [-0.4, -0.2) is 4.68 Å². The first-order chi connectivity index (χ1) is 4.27. The van der Waals surface area contributed by atoms with E-state index in [1.54, 1.807) is 0 Å². The van der Waals surface area contributed by atoms with Crippen molar-refractivity contribution in [3.63, 3.8) is 0 Å². The molecule has 0 saturated carbocycles. The first-order valence-electron chi connectivity index (χ1n) is 3.44. The Bertz CT molecular complexity index is 81.0. The SMILES string of the molecule is CCCCCC[C](=O)[Fe]. The summed E-state index contributed by atoms with van der Waals surface area (Å²) in [5.41, 5.74) is 0. The molecule has 0 aromatic rings. The zero-order valence-electron chi connectivity index (χ0n) is 5.80. The summed E-state index contributed by atoms with van der Waals surface area (Å²) in [6, 6.07) is 0. The van der Waals surface area contributed by atoms with Crippen LogP contribution < -0.4 is 0 Å². The first kappa shape index (κ1) is 9.19. The number of carbonyl (C=O) groups excluding carboxylic acids is 1. The van der Waals surface area contributed by atoms with Gasteiger partial charge in [-0.25, -0.2) is 0 Å².